The molecule has 0 saturated heterocycles. The molecule has 116 valence electrons. The summed E-state index contributed by atoms with van der Waals surface area (Å²) in [6.45, 7) is 0. The van der Waals surface area contributed by atoms with E-state index in [-0.39, 0.29) is 23.3 Å². The number of halogens is 4. The van der Waals surface area contributed by atoms with Crippen LogP contribution in [0.1, 0.15) is 35.2 Å². The van der Waals surface area contributed by atoms with Gasteiger partial charge < -0.3 is 4.18 Å². The Labute approximate surface area is 117 Å². The zero-order valence-electron chi connectivity index (χ0n) is 10.5. The van der Waals surface area contributed by atoms with E-state index in [4.69, 9.17) is 0 Å². The molecule has 21 heavy (non-hydrogen) atoms. The molecule has 0 unspecified atom stereocenters. The van der Waals surface area contributed by atoms with Gasteiger partial charge in [0.05, 0.1) is 0 Å². The van der Waals surface area contributed by atoms with Crippen molar-refractivity contribution in [3.05, 3.63) is 29.1 Å². The van der Waals surface area contributed by atoms with Crippen molar-refractivity contribution in [2.45, 2.75) is 31.2 Å². The maximum absolute atomic E-state index is 13.7. The van der Waals surface area contributed by atoms with Crippen LogP contribution in [0.2, 0.25) is 0 Å². The number of benzene rings is 1. The molecule has 0 heterocycles. The minimum absolute atomic E-state index is 0.0572. The second-order valence-electron chi connectivity index (χ2n) is 4.55. The molecule has 0 aliphatic heterocycles. The van der Waals surface area contributed by atoms with Gasteiger partial charge in [0.2, 0.25) is 0 Å². The third kappa shape index (κ3) is 3.17. The first-order chi connectivity index (χ1) is 9.62. The summed E-state index contributed by atoms with van der Waals surface area (Å²) in [4.78, 5) is 11.7. The summed E-state index contributed by atoms with van der Waals surface area (Å²) in [5.41, 5.74) is -5.31. The Morgan fingerprint density at radius 3 is 2.33 bits per heavy atom. The van der Waals surface area contributed by atoms with Gasteiger partial charge in [-0.15, -0.1) is 0 Å². The predicted molar refractivity (Wildman–Crippen MR) is 63.9 cm³/mol. The van der Waals surface area contributed by atoms with E-state index in [0.29, 0.717) is 19.3 Å². The van der Waals surface area contributed by atoms with Crippen LogP contribution in [0, 0.1) is 5.82 Å². The van der Waals surface area contributed by atoms with Crippen LogP contribution in [-0.4, -0.2) is 19.7 Å². The van der Waals surface area contributed by atoms with E-state index in [1.807, 2.05) is 0 Å². The molecular formula is C12H10F4O4S. The Morgan fingerprint density at radius 1 is 1.10 bits per heavy atom. The Kier molecular flexibility index (Phi) is 3.96. The highest BCUT2D eigenvalue weighted by Crippen LogP contribution is 2.32. The van der Waals surface area contributed by atoms with E-state index >= 15 is 0 Å². The van der Waals surface area contributed by atoms with Crippen molar-refractivity contribution < 1.29 is 35.0 Å². The highest BCUT2D eigenvalue weighted by atomic mass is 32.2. The molecule has 0 aromatic heterocycles. The molecule has 1 aliphatic rings. The maximum atomic E-state index is 13.7. The maximum Gasteiger partial charge on any atom is 0.534 e. The first kappa shape index (κ1) is 15.7. The summed E-state index contributed by atoms with van der Waals surface area (Å²) in [5, 5.41) is 0. The van der Waals surface area contributed by atoms with Crippen LogP contribution < -0.4 is 4.18 Å². The van der Waals surface area contributed by atoms with Gasteiger partial charge in [-0.05, 0) is 37.0 Å². The smallest absolute Gasteiger partial charge is 0.373 e. The standard InChI is InChI=1S/C12H10F4O4S/c13-9-6-8-7(3-1-2-4-10(8)17)5-11(9)20-21(18,19)12(14,15)16/h5-6H,1-4H2. The Bertz CT molecular complexity index is 679. The zero-order valence-corrected chi connectivity index (χ0v) is 11.4. The molecule has 0 radical (unpaired) electrons. The van der Waals surface area contributed by atoms with Gasteiger partial charge in [-0.2, -0.15) is 21.6 Å². The lowest BCUT2D eigenvalue weighted by molar-refractivity contribution is -0.0501. The van der Waals surface area contributed by atoms with Crippen LogP contribution in [0.3, 0.4) is 0 Å². The number of Topliss-reactive ketones (excluding diaryl/α,β-unsaturated/α-hetero) is 1. The van der Waals surface area contributed by atoms with E-state index < -0.39 is 27.2 Å². The van der Waals surface area contributed by atoms with Crippen LogP contribution in [0.4, 0.5) is 17.6 Å². The van der Waals surface area contributed by atoms with E-state index in [1.165, 1.54) is 0 Å². The molecule has 0 bridgehead atoms. The van der Waals surface area contributed by atoms with Crippen LogP contribution in [-0.2, 0) is 16.5 Å². The molecule has 1 aromatic rings. The summed E-state index contributed by atoms with van der Waals surface area (Å²) in [5.74, 6) is -2.70. The predicted octanol–water partition coefficient (Wildman–Crippen LogP) is 2.96. The Morgan fingerprint density at radius 2 is 1.71 bits per heavy atom. The van der Waals surface area contributed by atoms with E-state index in [0.717, 1.165) is 12.1 Å². The van der Waals surface area contributed by atoms with Crippen molar-refractivity contribution in [1.82, 2.24) is 0 Å². The molecule has 0 spiro atoms. The number of ketones is 1. The third-order valence-corrected chi connectivity index (χ3v) is 4.01. The minimum atomic E-state index is -5.95. The Hall–Kier alpha value is -1.64. The van der Waals surface area contributed by atoms with Crippen LogP contribution in [0.15, 0.2) is 12.1 Å². The number of carbonyl (C=O) groups is 1. The van der Waals surface area contributed by atoms with Gasteiger partial charge in [-0.1, -0.05) is 0 Å². The van der Waals surface area contributed by atoms with Gasteiger partial charge in [-0.25, -0.2) is 4.39 Å². The molecule has 1 aromatic carbocycles. The molecule has 0 atom stereocenters. The van der Waals surface area contributed by atoms with Crippen LogP contribution >= 0.6 is 0 Å². The largest absolute Gasteiger partial charge is 0.534 e. The first-order valence-corrected chi connectivity index (χ1v) is 7.39. The number of hydrogen-bond acceptors (Lipinski definition) is 4. The second kappa shape index (κ2) is 5.28. The fourth-order valence-corrected chi connectivity index (χ4v) is 2.49. The highest BCUT2D eigenvalue weighted by Gasteiger charge is 2.49. The fraction of sp³-hybridized carbons (Fsp3) is 0.417. The van der Waals surface area contributed by atoms with Gasteiger partial charge in [0.25, 0.3) is 0 Å². The van der Waals surface area contributed by atoms with E-state index in [1.54, 1.807) is 0 Å². The number of alkyl halides is 3. The number of aryl methyl sites for hydroxylation is 1. The van der Waals surface area contributed by atoms with Crippen LogP contribution in [0.5, 0.6) is 5.75 Å². The van der Waals surface area contributed by atoms with E-state index in [2.05, 4.69) is 4.18 Å². The lowest BCUT2D eigenvalue weighted by Gasteiger charge is -2.12. The van der Waals surface area contributed by atoms with Gasteiger partial charge in [0.15, 0.2) is 17.3 Å². The van der Waals surface area contributed by atoms with Crippen molar-refractivity contribution in [3.8, 4) is 5.75 Å². The summed E-state index contributed by atoms with van der Waals surface area (Å²) in [6.07, 6.45) is 1.72. The average Bonchev–Trinajstić information content (AvgIpc) is 2.51. The normalized spacial score (nSPS) is 16.3. The molecule has 0 N–H and O–H groups in total. The van der Waals surface area contributed by atoms with Crippen molar-refractivity contribution in [1.29, 1.82) is 0 Å². The number of fused-ring (bicyclic) bond motifs is 1. The number of rotatable bonds is 2. The molecule has 9 heteroatoms. The minimum Gasteiger partial charge on any atom is -0.373 e. The molecule has 4 nitrogen and oxygen atoms in total. The Balaban J connectivity index is 2.44. The van der Waals surface area contributed by atoms with Gasteiger partial charge >= 0.3 is 15.6 Å². The average molecular weight is 326 g/mol. The van der Waals surface area contributed by atoms with Crippen molar-refractivity contribution in [3.63, 3.8) is 0 Å². The zero-order chi connectivity index (χ0) is 15.8. The second-order valence-corrected chi connectivity index (χ2v) is 6.09. The summed E-state index contributed by atoms with van der Waals surface area (Å²) < 4.78 is 76.0. The summed E-state index contributed by atoms with van der Waals surface area (Å²) >= 11 is 0. The molecule has 1 aliphatic carbocycles. The molecule has 2 rings (SSSR count). The highest BCUT2D eigenvalue weighted by molar-refractivity contribution is 7.88. The van der Waals surface area contributed by atoms with Crippen molar-refractivity contribution >= 4 is 15.9 Å². The summed E-state index contributed by atoms with van der Waals surface area (Å²) in [7, 11) is -5.95. The monoisotopic (exact) mass is 326 g/mol. The van der Waals surface area contributed by atoms with Gasteiger partial charge in [0.1, 0.15) is 0 Å². The van der Waals surface area contributed by atoms with Gasteiger partial charge in [-0.3, -0.25) is 4.79 Å². The lowest BCUT2D eigenvalue weighted by atomic mass is 10.0. The first-order valence-electron chi connectivity index (χ1n) is 5.98. The lowest BCUT2D eigenvalue weighted by Crippen LogP contribution is -2.28. The summed E-state index contributed by atoms with van der Waals surface area (Å²) in [6, 6.07) is 1.57. The van der Waals surface area contributed by atoms with Crippen molar-refractivity contribution in [2.75, 3.05) is 0 Å². The van der Waals surface area contributed by atoms with Crippen molar-refractivity contribution in [2.24, 2.45) is 0 Å². The molecule has 0 fully saturated rings. The quantitative estimate of drug-likeness (QED) is 0.363. The number of hydrogen-bond donors (Lipinski definition) is 0. The van der Waals surface area contributed by atoms with E-state index in [9.17, 15) is 30.8 Å². The fourth-order valence-electron chi connectivity index (χ4n) is 2.03. The molecular weight excluding hydrogens is 316 g/mol. The topological polar surface area (TPSA) is 60.4 Å². The number of carbonyl (C=O) groups excluding carboxylic acids is 1. The van der Waals surface area contributed by atoms with Crippen LogP contribution in [0.25, 0.3) is 0 Å². The molecule has 0 saturated carbocycles. The molecule has 0 amide bonds. The third-order valence-electron chi connectivity index (χ3n) is 3.04. The SMILES string of the molecule is O=C1CCCCc2cc(OS(=O)(=O)C(F)(F)F)c(F)cc21. The van der Waals surface area contributed by atoms with Gasteiger partial charge in [0, 0.05) is 12.0 Å².